The molecular formula is C14H24N4O3S. The Bertz CT molecular complexity index is 426. The molecule has 7 nitrogen and oxygen atoms in total. The molecule has 1 heterocycles. The zero-order valence-electron chi connectivity index (χ0n) is 12.8. The zero-order chi connectivity index (χ0) is 15.9. The molecule has 2 rings (SSSR count). The van der Waals surface area contributed by atoms with E-state index in [0.29, 0.717) is 11.8 Å². The van der Waals surface area contributed by atoms with E-state index in [2.05, 4.69) is 21.3 Å². The largest absolute Gasteiger partial charge is 0.359 e. The fourth-order valence-electron chi connectivity index (χ4n) is 2.79. The summed E-state index contributed by atoms with van der Waals surface area (Å²) in [5.41, 5.74) is -0.328. The van der Waals surface area contributed by atoms with Crippen molar-refractivity contribution in [1.82, 2.24) is 21.3 Å². The van der Waals surface area contributed by atoms with Crippen LogP contribution in [-0.4, -0.2) is 48.1 Å². The highest BCUT2D eigenvalue weighted by molar-refractivity contribution is 8.00. The van der Waals surface area contributed by atoms with Gasteiger partial charge < -0.3 is 16.0 Å². The minimum atomic E-state index is -0.328. The van der Waals surface area contributed by atoms with Crippen LogP contribution in [0.15, 0.2) is 0 Å². The molecule has 1 aliphatic carbocycles. The van der Waals surface area contributed by atoms with Gasteiger partial charge in [-0.2, -0.15) is 0 Å². The number of thioether (sulfide) groups is 1. The van der Waals surface area contributed by atoms with Gasteiger partial charge in [-0.1, -0.05) is 12.8 Å². The van der Waals surface area contributed by atoms with Crippen LogP contribution in [0.1, 0.15) is 38.5 Å². The summed E-state index contributed by atoms with van der Waals surface area (Å²) in [6, 6.07) is 0.118. The van der Waals surface area contributed by atoms with Gasteiger partial charge in [0.25, 0.3) is 0 Å². The molecule has 8 heteroatoms. The van der Waals surface area contributed by atoms with E-state index in [4.69, 9.17) is 0 Å². The van der Waals surface area contributed by atoms with Gasteiger partial charge in [-0.05, 0) is 12.8 Å². The lowest BCUT2D eigenvalue weighted by Gasteiger charge is -2.30. The summed E-state index contributed by atoms with van der Waals surface area (Å²) >= 11 is 1.34. The van der Waals surface area contributed by atoms with Crippen molar-refractivity contribution >= 4 is 29.5 Å². The Morgan fingerprint density at radius 3 is 2.68 bits per heavy atom. The highest BCUT2D eigenvalue weighted by atomic mass is 32.2. The first kappa shape index (κ1) is 17.1. The lowest BCUT2D eigenvalue weighted by molar-refractivity contribution is -0.125. The predicted octanol–water partition coefficient (Wildman–Crippen LogP) is -0.324. The van der Waals surface area contributed by atoms with E-state index in [9.17, 15) is 14.4 Å². The van der Waals surface area contributed by atoms with E-state index < -0.39 is 0 Å². The Morgan fingerprint density at radius 2 is 2.00 bits per heavy atom. The highest BCUT2D eigenvalue weighted by Gasteiger charge is 2.28. The average molecular weight is 328 g/mol. The van der Waals surface area contributed by atoms with Gasteiger partial charge in [-0.3, -0.25) is 19.7 Å². The molecule has 2 aliphatic rings. The van der Waals surface area contributed by atoms with E-state index in [-0.39, 0.29) is 42.1 Å². The van der Waals surface area contributed by atoms with Crippen molar-refractivity contribution in [2.75, 3.05) is 12.8 Å². The number of amides is 3. The van der Waals surface area contributed by atoms with Gasteiger partial charge in [-0.15, -0.1) is 11.8 Å². The van der Waals surface area contributed by atoms with Gasteiger partial charge in [-0.25, -0.2) is 0 Å². The quantitative estimate of drug-likeness (QED) is 0.535. The molecule has 0 bridgehead atoms. The van der Waals surface area contributed by atoms with Crippen molar-refractivity contribution in [1.29, 1.82) is 0 Å². The van der Waals surface area contributed by atoms with Gasteiger partial charge in [0.2, 0.25) is 17.7 Å². The molecule has 0 radical (unpaired) electrons. The maximum absolute atomic E-state index is 11.9. The summed E-state index contributed by atoms with van der Waals surface area (Å²) in [7, 11) is 1.57. The molecule has 22 heavy (non-hydrogen) atoms. The zero-order valence-corrected chi connectivity index (χ0v) is 13.6. The van der Waals surface area contributed by atoms with Crippen molar-refractivity contribution in [3.05, 3.63) is 0 Å². The first-order valence-corrected chi connectivity index (χ1v) is 8.78. The molecule has 4 N–H and O–H groups in total. The maximum Gasteiger partial charge on any atom is 0.230 e. The number of nitrogens with one attached hydrogen (secondary N) is 4. The molecule has 3 amide bonds. The maximum atomic E-state index is 11.9. The van der Waals surface area contributed by atoms with E-state index in [1.54, 1.807) is 7.05 Å². The first-order chi connectivity index (χ1) is 10.6. The third kappa shape index (κ3) is 5.49. The van der Waals surface area contributed by atoms with Crippen LogP contribution in [0.5, 0.6) is 0 Å². The van der Waals surface area contributed by atoms with Crippen molar-refractivity contribution < 1.29 is 14.4 Å². The lowest BCUT2D eigenvalue weighted by atomic mass is 10.1. The van der Waals surface area contributed by atoms with Crippen LogP contribution in [0, 0.1) is 0 Å². The molecule has 1 saturated carbocycles. The number of carbonyl (C=O) groups excluding carboxylic acids is 3. The van der Waals surface area contributed by atoms with Crippen LogP contribution in [-0.2, 0) is 14.4 Å². The summed E-state index contributed by atoms with van der Waals surface area (Å²) in [5.74, 6) is 0.0962. The highest BCUT2D eigenvalue weighted by Crippen LogP contribution is 2.18. The minimum Gasteiger partial charge on any atom is -0.359 e. The molecular weight excluding hydrogens is 304 g/mol. The van der Waals surface area contributed by atoms with Crippen molar-refractivity contribution in [3.63, 3.8) is 0 Å². The molecule has 2 unspecified atom stereocenters. The van der Waals surface area contributed by atoms with Crippen LogP contribution in [0.3, 0.4) is 0 Å². The van der Waals surface area contributed by atoms with Gasteiger partial charge in [0.1, 0.15) is 5.50 Å². The molecule has 2 atom stereocenters. The Kier molecular flexibility index (Phi) is 6.50. The van der Waals surface area contributed by atoms with Crippen LogP contribution in [0.2, 0.25) is 0 Å². The van der Waals surface area contributed by atoms with Crippen molar-refractivity contribution in [2.24, 2.45) is 0 Å². The van der Waals surface area contributed by atoms with Gasteiger partial charge in [0.05, 0.1) is 5.75 Å². The molecule has 1 aliphatic heterocycles. The lowest BCUT2D eigenvalue weighted by Crippen LogP contribution is -2.56. The van der Waals surface area contributed by atoms with Gasteiger partial charge >= 0.3 is 0 Å². The number of rotatable bonds is 6. The monoisotopic (exact) mass is 328 g/mol. The Hall–Kier alpha value is -1.28. The summed E-state index contributed by atoms with van der Waals surface area (Å²) < 4.78 is 0. The molecule has 124 valence electrons. The standard InChI is InChI=1S/C14H24N4O3S/c1-15-11(19)6-10-7-12(20)18-14(17-10)22-8-13(21)16-9-4-2-3-5-9/h9-10,14,17H,2-8H2,1H3,(H,15,19)(H,16,21)(H,18,20). The third-order valence-electron chi connectivity index (χ3n) is 3.92. The normalized spacial score (nSPS) is 25.6. The summed E-state index contributed by atoms with van der Waals surface area (Å²) in [6.07, 6.45) is 5.01. The molecule has 1 saturated heterocycles. The molecule has 0 aromatic heterocycles. The van der Waals surface area contributed by atoms with Crippen LogP contribution >= 0.6 is 11.8 Å². The topological polar surface area (TPSA) is 99.3 Å². The smallest absolute Gasteiger partial charge is 0.230 e. The molecule has 0 spiro atoms. The van der Waals surface area contributed by atoms with Crippen LogP contribution in [0.25, 0.3) is 0 Å². The fourth-order valence-corrected chi connectivity index (χ4v) is 3.69. The van der Waals surface area contributed by atoms with Crippen LogP contribution < -0.4 is 21.3 Å². The van der Waals surface area contributed by atoms with E-state index in [1.807, 2.05) is 0 Å². The number of hydrogen-bond acceptors (Lipinski definition) is 5. The van der Waals surface area contributed by atoms with E-state index >= 15 is 0 Å². The second-order valence-electron chi connectivity index (χ2n) is 5.75. The fraction of sp³-hybridized carbons (Fsp3) is 0.786. The van der Waals surface area contributed by atoms with Crippen LogP contribution in [0.4, 0.5) is 0 Å². The Balaban J connectivity index is 1.72. The van der Waals surface area contributed by atoms with E-state index in [0.717, 1.165) is 12.8 Å². The number of hydrogen-bond donors (Lipinski definition) is 4. The second-order valence-corrected chi connectivity index (χ2v) is 6.85. The Morgan fingerprint density at radius 1 is 1.27 bits per heavy atom. The second kappa shape index (κ2) is 8.38. The summed E-state index contributed by atoms with van der Waals surface area (Å²) in [6.45, 7) is 0. The summed E-state index contributed by atoms with van der Waals surface area (Å²) in [4.78, 5) is 35.0. The Labute approximate surface area is 134 Å². The SMILES string of the molecule is CNC(=O)CC1CC(=O)NC(SCC(=O)NC2CCCC2)N1. The molecule has 0 aromatic rings. The molecule has 2 fully saturated rings. The predicted molar refractivity (Wildman–Crippen MR) is 85.0 cm³/mol. The first-order valence-electron chi connectivity index (χ1n) is 7.74. The van der Waals surface area contributed by atoms with Crippen molar-refractivity contribution in [2.45, 2.75) is 56.1 Å². The summed E-state index contributed by atoms with van der Waals surface area (Å²) in [5, 5.41) is 11.5. The third-order valence-corrected chi connectivity index (χ3v) is 4.94. The van der Waals surface area contributed by atoms with Crippen molar-refractivity contribution in [3.8, 4) is 0 Å². The van der Waals surface area contributed by atoms with Gasteiger partial charge in [0.15, 0.2) is 0 Å². The van der Waals surface area contributed by atoms with Gasteiger partial charge in [0, 0.05) is 32.0 Å². The minimum absolute atomic E-state index is 0.00127. The number of carbonyl (C=O) groups is 3. The average Bonchev–Trinajstić information content (AvgIpc) is 2.97. The molecule has 0 aromatic carbocycles. The van der Waals surface area contributed by atoms with E-state index in [1.165, 1.54) is 24.6 Å².